The molecule has 1 heterocycles. The molecule has 2 rings (SSSR count). The SMILES string of the molecule is CNC(=O)c1cc(NC(=O)C2(N)CCOCC2)ccc1Cl. The molecule has 7 heteroatoms. The number of halogens is 1. The van der Waals surface area contributed by atoms with Crippen LogP contribution in [0.1, 0.15) is 23.2 Å². The van der Waals surface area contributed by atoms with Crippen molar-refractivity contribution in [3.63, 3.8) is 0 Å². The van der Waals surface area contributed by atoms with Gasteiger partial charge in [-0.1, -0.05) is 11.6 Å². The first-order valence-corrected chi connectivity index (χ1v) is 7.04. The van der Waals surface area contributed by atoms with Crippen LogP contribution in [0.3, 0.4) is 0 Å². The van der Waals surface area contributed by atoms with Gasteiger partial charge in [0.1, 0.15) is 5.54 Å². The van der Waals surface area contributed by atoms with E-state index in [-0.39, 0.29) is 11.8 Å². The molecule has 1 aliphatic heterocycles. The zero-order chi connectivity index (χ0) is 15.5. The van der Waals surface area contributed by atoms with Crippen molar-refractivity contribution in [2.45, 2.75) is 18.4 Å². The van der Waals surface area contributed by atoms with Crippen LogP contribution in [-0.4, -0.2) is 37.6 Å². The molecule has 4 N–H and O–H groups in total. The Kier molecular flexibility index (Phi) is 4.82. The Morgan fingerprint density at radius 3 is 2.62 bits per heavy atom. The molecule has 21 heavy (non-hydrogen) atoms. The van der Waals surface area contributed by atoms with Crippen molar-refractivity contribution in [2.75, 3.05) is 25.6 Å². The van der Waals surface area contributed by atoms with Crippen molar-refractivity contribution < 1.29 is 14.3 Å². The van der Waals surface area contributed by atoms with Gasteiger partial charge in [0, 0.05) is 25.9 Å². The van der Waals surface area contributed by atoms with E-state index in [1.807, 2.05) is 0 Å². The minimum absolute atomic E-state index is 0.282. The predicted molar refractivity (Wildman–Crippen MR) is 80.4 cm³/mol. The van der Waals surface area contributed by atoms with Crippen LogP contribution in [0.25, 0.3) is 0 Å². The quantitative estimate of drug-likeness (QED) is 0.780. The number of carbonyl (C=O) groups excluding carboxylic acids is 2. The molecule has 0 aliphatic carbocycles. The van der Waals surface area contributed by atoms with Crippen molar-refractivity contribution in [2.24, 2.45) is 5.73 Å². The molecule has 0 bridgehead atoms. The number of anilines is 1. The van der Waals surface area contributed by atoms with Gasteiger partial charge in [-0.2, -0.15) is 0 Å². The van der Waals surface area contributed by atoms with E-state index in [1.54, 1.807) is 12.1 Å². The van der Waals surface area contributed by atoms with Gasteiger partial charge < -0.3 is 21.1 Å². The van der Waals surface area contributed by atoms with E-state index in [0.717, 1.165) is 0 Å². The smallest absolute Gasteiger partial charge is 0.252 e. The van der Waals surface area contributed by atoms with Crippen LogP contribution in [0, 0.1) is 0 Å². The number of carbonyl (C=O) groups is 2. The highest BCUT2D eigenvalue weighted by atomic mass is 35.5. The first kappa shape index (κ1) is 15.8. The Morgan fingerprint density at radius 1 is 1.33 bits per heavy atom. The van der Waals surface area contributed by atoms with Crippen LogP contribution in [0.4, 0.5) is 5.69 Å². The van der Waals surface area contributed by atoms with Gasteiger partial charge in [0.05, 0.1) is 10.6 Å². The summed E-state index contributed by atoms with van der Waals surface area (Å²) in [5.74, 6) is -0.597. The zero-order valence-corrected chi connectivity index (χ0v) is 12.5. The summed E-state index contributed by atoms with van der Waals surface area (Å²) < 4.78 is 5.22. The molecule has 1 saturated heterocycles. The van der Waals surface area contributed by atoms with Crippen LogP contribution in [0.15, 0.2) is 18.2 Å². The Balaban J connectivity index is 2.16. The molecule has 6 nitrogen and oxygen atoms in total. The summed E-state index contributed by atoms with van der Waals surface area (Å²) in [6, 6.07) is 4.73. The number of amides is 2. The van der Waals surface area contributed by atoms with E-state index < -0.39 is 5.54 Å². The van der Waals surface area contributed by atoms with Gasteiger partial charge in [0.25, 0.3) is 5.91 Å². The molecule has 0 unspecified atom stereocenters. The third kappa shape index (κ3) is 3.53. The minimum Gasteiger partial charge on any atom is -0.381 e. The highest BCUT2D eigenvalue weighted by Crippen LogP contribution is 2.23. The Morgan fingerprint density at radius 2 is 2.00 bits per heavy atom. The fraction of sp³-hybridized carbons (Fsp3) is 0.429. The lowest BCUT2D eigenvalue weighted by molar-refractivity contribution is -0.124. The highest BCUT2D eigenvalue weighted by molar-refractivity contribution is 6.34. The second-order valence-corrected chi connectivity index (χ2v) is 5.40. The second-order valence-electron chi connectivity index (χ2n) is 5.00. The third-order valence-corrected chi connectivity index (χ3v) is 3.86. The van der Waals surface area contributed by atoms with Crippen molar-refractivity contribution in [3.05, 3.63) is 28.8 Å². The summed E-state index contributed by atoms with van der Waals surface area (Å²) in [5.41, 5.74) is 5.95. The molecular weight excluding hydrogens is 294 g/mol. The van der Waals surface area contributed by atoms with Gasteiger partial charge in [-0.3, -0.25) is 9.59 Å². The molecule has 1 fully saturated rings. The van der Waals surface area contributed by atoms with Crippen LogP contribution in [-0.2, 0) is 9.53 Å². The van der Waals surface area contributed by atoms with Crippen molar-refractivity contribution in [3.8, 4) is 0 Å². The highest BCUT2D eigenvalue weighted by Gasteiger charge is 2.36. The molecule has 0 atom stereocenters. The maximum atomic E-state index is 12.3. The second kappa shape index (κ2) is 6.43. The van der Waals surface area contributed by atoms with Gasteiger partial charge in [0.2, 0.25) is 5.91 Å². The molecule has 0 spiro atoms. The normalized spacial score (nSPS) is 17.1. The molecule has 0 aromatic heterocycles. The van der Waals surface area contributed by atoms with E-state index >= 15 is 0 Å². The van der Waals surface area contributed by atoms with Gasteiger partial charge in [0.15, 0.2) is 0 Å². The summed E-state index contributed by atoms with van der Waals surface area (Å²) in [6.07, 6.45) is 0.934. The minimum atomic E-state index is -0.939. The number of nitrogens with two attached hydrogens (primary N) is 1. The lowest BCUT2D eigenvalue weighted by Gasteiger charge is -2.31. The first-order chi connectivity index (χ1) is 9.96. The molecule has 2 amide bonds. The van der Waals surface area contributed by atoms with Gasteiger partial charge in [-0.05, 0) is 31.0 Å². The fourth-order valence-electron chi connectivity index (χ4n) is 2.13. The number of ether oxygens (including phenoxy) is 1. The van der Waals surface area contributed by atoms with Gasteiger partial charge in [-0.25, -0.2) is 0 Å². The topological polar surface area (TPSA) is 93.5 Å². The molecule has 1 aromatic carbocycles. The standard InChI is InChI=1S/C14H18ClN3O3/c1-17-12(19)10-8-9(2-3-11(10)15)18-13(20)14(16)4-6-21-7-5-14/h2-3,8H,4-7,16H2,1H3,(H,17,19)(H,18,20). The van der Waals surface area contributed by atoms with Crippen LogP contribution >= 0.6 is 11.6 Å². The van der Waals surface area contributed by atoms with Gasteiger partial charge >= 0.3 is 0 Å². The number of benzene rings is 1. The largest absolute Gasteiger partial charge is 0.381 e. The predicted octanol–water partition coefficient (Wildman–Crippen LogP) is 1.15. The van der Waals surface area contributed by atoms with E-state index in [2.05, 4.69) is 10.6 Å². The third-order valence-electron chi connectivity index (χ3n) is 3.53. The summed E-state index contributed by atoms with van der Waals surface area (Å²) in [4.78, 5) is 24.0. The fourth-order valence-corrected chi connectivity index (χ4v) is 2.33. The Bertz CT molecular complexity index is 556. The summed E-state index contributed by atoms with van der Waals surface area (Å²) >= 11 is 5.97. The molecule has 1 aliphatic rings. The van der Waals surface area contributed by atoms with Crippen molar-refractivity contribution in [1.29, 1.82) is 0 Å². The monoisotopic (exact) mass is 311 g/mol. The molecule has 114 valence electrons. The maximum absolute atomic E-state index is 12.3. The molecule has 1 aromatic rings. The lowest BCUT2D eigenvalue weighted by Crippen LogP contribution is -2.54. The van der Waals surface area contributed by atoms with Crippen molar-refractivity contribution in [1.82, 2.24) is 5.32 Å². The number of rotatable bonds is 3. The molecule has 0 saturated carbocycles. The number of hydrogen-bond donors (Lipinski definition) is 3. The number of nitrogens with one attached hydrogen (secondary N) is 2. The van der Waals surface area contributed by atoms with E-state index in [9.17, 15) is 9.59 Å². The lowest BCUT2D eigenvalue weighted by atomic mass is 9.90. The summed E-state index contributed by atoms with van der Waals surface area (Å²) in [5, 5.41) is 5.56. The Hall–Kier alpha value is -1.63. The van der Waals surface area contributed by atoms with Crippen LogP contribution in [0.5, 0.6) is 0 Å². The van der Waals surface area contributed by atoms with Crippen LogP contribution in [0.2, 0.25) is 5.02 Å². The van der Waals surface area contributed by atoms with E-state index in [1.165, 1.54) is 13.1 Å². The zero-order valence-electron chi connectivity index (χ0n) is 11.7. The summed E-state index contributed by atoms with van der Waals surface area (Å²) in [6.45, 7) is 0.933. The molecule has 0 radical (unpaired) electrons. The average molecular weight is 312 g/mol. The molecular formula is C14H18ClN3O3. The van der Waals surface area contributed by atoms with E-state index in [0.29, 0.717) is 42.3 Å². The summed E-state index contributed by atoms with van der Waals surface area (Å²) in [7, 11) is 1.51. The number of hydrogen-bond acceptors (Lipinski definition) is 4. The maximum Gasteiger partial charge on any atom is 0.252 e. The van der Waals surface area contributed by atoms with Crippen molar-refractivity contribution >= 4 is 29.1 Å². The van der Waals surface area contributed by atoms with Gasteiger partial charge in [-0.15, -0.1) is 0 Å². The van der Waals surface area contributed by atoms with E-state index in [4.69, 9.17) is 22.1 Å². The average Bonchev–Trinajstić information content (AvgIpc) is 2.49. The van der Waals surface area contributed by atoms with Crippen LogP contribution < -0.4 is 16.4 Å². The Labute approximate surface area is 128 Å². The first-order valence-electron chi connectivity index (χ1n) is 6.66.